The molecule has 1 fully saturated rings. The van der Waals surface area contributed by atoms with Gasteiger partial charge in [0.15, 0.2) is 5.82 Å². The number of H-pyrrole nitrogens is 1. The zero-order valence-corrected chi connectivity index (χ0v) is 7.60. The number of nitrogens with zero attached hydrogens (tertiary/aromatic N) is 4. The van der Waals surface area contributed by atoms with E-state index < -0.39 is 0 Å². The second-order valence-electron chi connectivity index (χ2n) is 2.99. The number of likely N-dealkylation sites (N-methyl/N-ethyl adjacent to an activating group) is 1. The van der Waals surface area contributed by atoms with Gasteiger partial charge in [-0.3, -0.25) is 4.90 Å². The van der Waals surface area contributed by atoms with E-state index in [0.29, 0.717) is 6.61 Å². The van der Waals surface area contributed by atoms with Crippen LogP contribution in [0.2, 0.25) is 0 Å². The van der Waals surface area contributed by atoms with E-state index in [1.165, 1.54) is 0 Å². The molecule has 2 heterocycles. The molecule has 1 aromatic rings. The third kappa shape index (κ3) is 1.68. The lowest BCUT2D eigenvalue weighted by atomic mass is 10.2. The molecule has 0 aliphatic carbocycles. The Labute approximate surface area is 76.3 Å². The first-order chi connectivity index (χ1) is 6.42. The maximum Gasteiger partial charge on any atom is 0.193 e. The monoisotopic (exact) mass is 183 g/mol. The topological polar surface area (TPSA) is 66.9 Å². The number of aromatic nitrogens is 4. The van der Waals surface area contributed by atoms with Crippen molar-refractivity contribution in [3.8, 4) is 0 Å². The molecule has 1 N–H and O–H groups in total. The van der Waals surface area contributed by atoms with Crippen molar-refractivity contribution in [2.45, 2.75) is 13.0 Å². The summed E-state index contributed by atoms with van der Waals surface area (Å²) in [4.78, 5) is 2.29. The van der Waals surface area contributed by atoms with Gasteiger partial charge in [0, 0.05) is 6.54 Å². The molecule has 0 bridgehead atoms. The van der Waals surface area contributed by atoms with Crippen LogP contribution in [0.5, 0.6) is 0 Å². The van der Waals surface area contributed by atoms with Gasteiger partial charge in [-0.25, -0.2) is 0 Å². The Bertz CT molecular complexity index is 249. The van der Waals surface area contributed by atoms with Crippen molar-refractivity contribution in [2.75, 3.05) is 26.3 Å². The van der Waals surface area contributed by atoms with E-state index >= 15 is 0 Å². The summed E-state index contributed by atoms with van der Waals surface area (Å²) < 4.78 is 5.37. The van der Waals surface area contributed by atoms with Gasteiger partial charge in [-0.05, 0) is 6.54 Å². The van der Waals surface area contributed by atoms with E-state index in [1.54, 1.807) is 0 Å². The van der Waals surface area contributed by atoms with Crippen LogP contribution in [-0.4, -0.2) is 51.8 Å². The number of hydrogen-bond acceptors (Lipinski definition) is 5. The number of nitrogens with one attached hydrogen (secondary N) is 1. The molecule has 1 aromatic heterocycles. The quantitative estimate of drug-likeness (QED) is 0.675. The third-order valence-corrected chi connectivity index (χ3v) is 2.31. The van der Waals surface area contributed by atoms with Gasteiger partial charge in [-0.2, -0.15) is 5.21 Å². The Kier molecular flexibility index (Phi) is 2.51. The summed E-state index contributed by atoms with van der Waals surface area (Å²) in [6, 6.07) is 0.164. The van der Waals surface area contributed by atoms with Gasteiger partial charge in [0.05, 0.1) is 19.3 Å². The average Bonchev–Trinajstić information content (AvgIpc) is 2.70. The average molecular weight is 183 g/mol. The largest absolute Gasteiger partial charge is 0.378 e. The van der Waals surface area contributed by atoms with Crippen LogP contribution in [0, 0.1) is 0 Å². The lowest BCUT2D eigenvalue weighted by Crippen LogP contribution is -2.39. The van der Waals surface area contributed by atoms with Crippen molar-refractivity contribution in [3.63, 3.8) is 0 Å². The first-order valence-corrected chi connectivity index (χ1v) is 4.47. The number of ether oxygens (including phenoxy) is 1. The maximum atomic E-state index is 5.37. The Hall–Kier alpha value is -1.01. The predicted octanol–water partition coefficient (Wildman–Crippen LogP) is -0.407. The molecule has 13 heavy (non-hydrogen) atoms. The summed E-state index contributed by atoms with van der Waals surface area (Å²) in [5.41, 5.74) is 0. The molecule has 1 unspecified atom stereocenters. The molecule has 72 valence electrons. The molecule has 0 saturated carbocycles. The first-order valence-electron chi connectivity index (χ1n) is 4.47. The summed E-state index contributed by atoms with van der Waals surface area (Å²) in [5, 5.41) is 13.9. The minimum absolute atomic E-state index is 0.164. The lowest BCUT2D eigenvalue weighted by molar-refractivity contribution is -0.00896. The zero-order chi connectivity index (χ0) is 9.10. The second kappa shape index (κ2) is 3.80. The van der Waals surface area contributed by atoms with E-state index in [4.69, 9.17) is 4.74 Å². The highest BCUT2D eigenvalue weighted by Gasteiger charge is 2.26. The molecular formula is C7H13N5O. The highest BCUT2D eigenvalue weighted by atomic mass is 16.5. The lowest BCUT2D eigenvalue weighted by Gasteiger charge is -2.32. The molecule has 1 aliphatic rings. The molecule has 1 aliphatic heterocycles. The summed E-state index contributed by atoms with van der Waals surface area (Å²) in [5.74, 6) is 0.724. The van der Waals surface area contributed by atoms with Crippen LogP contribution in [-0.2, 0) is 4.74 Å². The van der Waals surface area contributed by atoms with Crippen molar-refractivity contribution in [1.29, 1.82) is 0 Å². The van der Waals surface area contributed by atoms with Crippen LogP contribution >= 0.6 is 0 Å². The van der Waals surface area contributed by atoms with Crippen LogP contribution < -0.4 is 0 Å². The first kappa shape index (κ1) is 8.58. The van der Waals surface area contributed by atoms with E-state index in [1.807, 2.05) is 0 Å². The summed E-state index contributed by atoms with van der Waals surface area (Å²) >= 11 is 0. The molecule has 6 heteroatoms. The standard InChI is InChI=1S/C7H13N5O/c1-2-12-3-4-13-5-6(12)7-8-10-11-9-7/h6H,2-5H2,1H3,(H,8,9,10,11). The molecule has 0 amide bonds. The van der Waals surface area contributed by atoms with Crippen molar-refractivity contribution in [1.82, 2.24) is 25.5 Å². The number of aromatic amines is 1. The van der Waals surface area contributed by atoms with Crippen LogP contribution in [0.1, 0.15) is 18.8 Å². The van der Waals surface area contributed by atoms with Crippen LogP contribution in [0.25, 0.3) is 0 Å². The van der Waals surface area contributed by atoms with Gasteiger partial charge in [-0.1, -0.05) is 12.1 Å². The maximum absolute atomic E-state index is 5.37. The van der Waals surface area contributed by atoms with Gasteiger partial charge in [0.2, 0.25) is 0 Å². The summed E-state index contributed by atoms with van der Waals surface area (Å²) in [6.07, 6.45) is 0. The number of morpholine rings is 1. The van der Waals surface area contributed by atoms with E-state index in [2.05, 4.69) is 32.4 Å². The fourth-order valence-electron chi connectivity index (χ4n) is 1.57. The van der Waals surface area contributed by atoms with Crippen LogP contribution in [0.15, 0.2) is 0 Å². The summed E-state index contributed by atoms with van der Waals surface area (Å²) in [6.45, 7) is 5.51. The van der Waals surface area contributed by atoms with Crippen molar-refractivity contribution in [2.24, 2.45) is 0 Å². The minimum Gasteiger partial charge on any atom is -0.378 e. The highest BCUT2D eigenvalue weighted by Crippen LogP contribution is 2.19. The molecule has 1 atom stereocenters. The number of rotatable bonds is 2. The van der Waals surface area contributed by atoms with Crippen molar-refractivity contribution in [3.05, 3.63) is 5.82 Å². The Morgan fingerprint density at radius 3 is 3.31 bits per heavy atom. The van der Waals surface area contributed by atoms with Gasteiger partial charge < -0.3 is 4.74 Å². The molecule has 2 rings (SSSR count). The van der Waals surface area contributed by atoms with Crippen molar-refractivity contribution < 1.29 is 4.74 Å². The Morgan fingerprint density at radius 1 is 1.69 bits per heavy atom. The molecule has 0 aromatic carbocycles. The van der Waals surface area contributed by atoms with E-state index in [-0.39, 0.29) is 6.04 Å². The smallest absolute Gasteiger partial charge is 0.193 e. The third-order valence-electron chi connectivity index (χ3n) is 2.31. The van der Waals surface area contributed by atoms with Gasteiger partial charge >= 0.3 is 0 Å². The van der Waals surface area contributed by atoms with Gasteiger partial charge in [-0.15, -0.1) is 10.2 Å². The minimum atomic E-state index is 0.164. The summed E-state index contributed by atoms with van der Waals surface area (Å²) in [7, 11) is 0. The Balaban J connectivity index is 2.11. The molecule has 1 saturated heterocycles. The predicted molar refractivity (Wildman–Crippen MR) is 45.0 cm³/mol. The highest BCUT2D eigenvalue weighted by molar-refractivity contribution is 4.91. The van der Waals surface area contributed by atoms with E-state index in [9.17, 15) is 0 Å². The van der Waals surface area contributed by atoms with E-state index in [0.717, 1.165) is 25.5 Å². The van der Waals surface area contributed by atoms with Crippen LogP contribution in [0.4, 0.5) is 0 Å². The molecule has 0 radical (unpaired) electrons. The second-order valence-corrected chi connectivity index (χ2v) is 2.99. The zero-order valence-electron chi connectivity index (χ0n) is 7.60. The fraction of sp³-hybridized carbons (Fsp3) is 0.857. The molecular weight excluding hydrogens is 170 g/mol. The van der Waals surface area contributed by atoms with Gasteiger partial charge in [0.1, 0.15) is 0 Å². The normalized spacial score (nSPS) is 24.8. The molecule has 0 spiro atoms. The SMILES string of the molecule is CCN1CCOCC1c1nn[nH]n1. The number of hydrogen-bond donors (Lipinski definition) is 1. The van der Waals surface area contributed by atoms with Crippen LogP contribution in [0.3, 0.4) is 0 Å². The molecule has 6 nitrogen and oxygen atoms in total. The van der Waals surface area contributed by atoms with Crippen molar-refractivity contribution >= 4 is 0 Å². The Morgan fingerprint density at radius 2 is 2.62 bits per heavy atom. The fourth-order valence-corrected chi connectivity index (χ4v) is 1.57. The number of tetrazole rings is 1. The van der Waals surface area contributed by atoms with Gasteiger partial charge in [0.25, 0.3) is 0 Å².